The standard InChI is InChI=1S/C24H43N/c1-3-4-5-6-7-8-9-10-11-12-13-14-15-16-17-23-18-20-24(21-19-23)22(2)25/h18-22H,3-17,25H2,1-2H3/t22-/m1/s1. The maximum atomic E-state index is 5.89. The maximum absolute atomic E-state index is 5.89. The van der Waals surface area contributed by atoms with Crippen molar-refractivity contribution in [3.8, 4) is 0 Å². The van der Waals surface area contributed by atoms with Crippen LogP contribution in [0, 0.1) is 0 Å². The molecule has 144 valence electrons. The van der Waals surface area contributed by atoms with Crippen LogP contribution in [-0.4, -0.2) is 0 Å². The molecule has 1 aromatic rings. The average Bonchev–Trinajstić information content (AvgIpc) is 2.62. The molecule has 0 spiro atoms. The van der Waals surface area contributed by atoms with Gasteiger partial charge in [0.25, 0.3) is 0 Å². The molecule has 0 aliphatic heterocycles. The Balaban J connectivity index is 1.84. The van der Waals surface area contributed by atoms with Gasteiger partial charge in [-0.3, -0.25) is 0 Å². The molecular weight excluding hydrogens is 302 g/mol. The lowest BCUT2D eigenvalue weighted by Crippen LogP contribution is -2.04. The van der Waals surface area contributed by atoms with Crippen LogP contribution >= 0.6 is 0 Å². The van der Waals surface area contributed by atoms with Crippen LogP contribution in [0.5, 0.6) is 0 Å². The largest absolute Gasteiger partial charge is 0.324 e. The first-order valence-electron chi connectivity index (χ1n) is 11.1. The normalized spacial score (nSPS) is 12.4. The number of nitrogens with two attached hydrogens (primary N) is 1. The predicted molar refractivity (Wildman–Crippen MR) is 113 cm³/mol. The summed E-state index contributed by atoms with van der Waals surface area (Å²) in [6.07, 6.45) is 21.2. The molecule has 0 heterocycles. The highest BCUT2D eigenvalue weighted by Crippen LogP contribution is 2.15. The van der Waals surface area contributed by atoms with Crippen molar-refractivity contribution in [2.45, 2.75) is 116 Å². The first kappa shape index (κ1) is 22.2. The zero-order valence-electron chi connectivity index (χ0n) is 17.1. The molecular formula is C24H43N. The highest BCUT2D eigenvalue weighted by atomic mass is 14.6. The minimum Gasteiger partial charge on any atom is -0.324 e. The molecule has 0 bridgehead atoms. The zero-order chi connectivity index (χ0) is 18.2. The van der Waals surface area contributed by atoms with Gasteiger partial charge in [0.1, 0.15) is 0 Å². The van der Waals surface area contributed by atoms with Gasteiger partial charge in [-0.1, -0.05) is 115 Å². The van der Waals surface area contributed by atoms with Crippen LogP contribution in [0.25, 0.3) is 0 Å². The van der Waals surface area contributed by atoms with E-state index >= 15 is 0 Å². The molecule has 0 saturated heterocycles. The van der Waals surface area contributed by atoms with E-state index in [0.717, 1.165) is 0 Å². The Morgan fingerprint density at radius 2 is 1.04 bits per heavy atom. The number of unbranched alkanes of at least 4 members (excludes halogenated alkanes) is 13. The maximum Gasteiger partial charge on any atom is 0.0266 e. The lowest BCUT2D eigenvalue weighted by Gasteiger charge is -2.07. The van der Waals surface area contributed by atoms with Crippen LogP contribution in [0.4, 0.5) is 0 Å². The third kappa shape index (κ3) is 12.2. The molecule has 1 rings (SSSR count). The number of hydrogen-bond acceptors (Lipinski definition) is 1. The molecule has 1 nitrogen and oxygen atoms in total. The van der Waals surface area contributed by atoms with Crippen molar-refractivity contribution in [2.75, 3.05) is 0 Å². The summed E-state index contributed by atoms with van der Waals surface area (Å²) in [7, 11) is 0. The van der Waals surface area contributed by atoms with E-state index in [9.17, 15) is 0 Å². The minimum absolute atomic E-state index is 0.148. The van der Waals surface area contributed by atoms with Gasteiger partial charge >= 0.3 is 0 Å². The lowest BCUT2D eigenvalue weighted by molar-refractivity contribution is 0.535. The summed E-state index contributed by atoms with van der Waals surface area (Å²) in [6, 6.07) is 9.02. The number of hydrogen-bond donors (Lipinski definition) is 1. The molecule has 0 aromatic heterocycles. The predicted octanol–water partition coefficient (Wildman–Crippen LogP) is 7.73. The minimum atomic E-state index is 0.148. The van der Waals surface area contributed by atoms with Gasteiger partial charge in [-0.15, -0.1) is 0 Å². The van der Waals surface area contributed by atoms with Gasteiger partial charge in [0, 0.05) is 6.04 Å². The molecule has 0 amide bonds. The molecule has 1 heteroatoms. The van der Waals surface area contributed by atoms with Crippen LogP contribution in [0.15, 0.2) is 24.3 Å². The molecule has 0 aliphatic carbocycles. The van der Waals surface area contributed by atoms with E-state index in [1.807, 2.05) is 6.92 Å². The highest BCUT2D eigenvalue weighted by Gasteiger charge is 1.99. The summed E-state index contributed by atoms with van der Waals surface area (Å²) in [5.41, 5.74) is 8.60. The van der Waals surface area contributed by atoms with Gasteiger partial charge in [0.15, 0.2) is 0 Å². The number of benzene rings is 1. The molecule has 2 N–H and O–H groups in total. The summed E-state index contributed by atoms with van der Waals surface area (Å²) >= 11 is 0. The fraction of sp³-hybridized carbons (Fsp3) is 0.750. The second-order valence-electron chi connectivity index (χ2n) is 7.88. The van der Waals surface area contributed by atoms with Gasteiger partial charge in [-0.05, 0) is 30.9 Å². The van der Waals surface area contributed by atoms with E-state index in [0.29, 0.717) is 0 Å². The summed E-state index contributed by atoms with van der Waals surface area (Å²) in [5.74, 6) is 0. The zero-order valence-corrected chi connectivity index (χ0v) is 17.1. The quantitative estimate of drug-likeness (QED) is 0.305. The van der Waals surface area contributed by atoms with Crippen LogP contribution in [-0.2, 0) is 6.42 Å². The van der Waals surface area contributed by atoms with Gasteiger partial charge < -0.3 is 5.73 Å². The summed E-state index contributed by atoms with van der Waals surface area (Å²) < 4.78 is 0. The van der Waals surface area contributed by atoms with Crippen LogP contribution in [0.1, 0.15) is 121 Å². The highest BCUT2D eigenvalue weighted by molar-refractivity contribution is 5.24. The molecule has 1 atom stereocenters. The molecule has 0 aliphatic rings. The van der Waals surface area contributed by atoms with E-state index in [1.165, 1.54) is 107 Å². The Morgan fingerprint density at radius 1 is 0.640 bits per heavy atom. The van der Waals surface area contributed by atoms with Crippen molar-refractivity contribution >= 4 is 0 Å². The monoisotopic (exact) mass is 345 g/mol. The second-order valence-corrected chi connectivity index (χ2v) is 7.88. The Hall–Kier alpha value is -0.820. The topological polar surface area (TPSA) is 26.0 Å². The third-order valence-corrected chi connectivity index (χ3v) is 5.32. The Labute approximate surface area is 157 Å². The van der Waals surface area contributed by atoms with E-state index in [-0.39, 0.29) is 6.04 Å². The molecule has 0 fully saturated rings. The van der Waals surface area contributed by atoms with E-state index in [2.05, 4.69) is 31.2 Å². The summed E-state index contributed by atoms with van der Waals surface area (Å²) in [4.78, 5) is 0. The SMILES string of the molecule is CCCCCCCCCCCCCCCCc1ccc([C@@H](C)N)cc1. The first-order chi connectivity index (χ1) is 12.2. The number of rotatable bonds is 16. The van der Waals surface area contributed by atoms with Gasteiger partial charge in [-0.2, -0.15) is 0 Å². The van der Waals surface area contributed by atoms with Crippen LogP contribution in [0.3, 0.4) is 0 Å². The van der Waals surface area contributed by atoms with Crippen LogP contribution in [0.2, 0.25) is 0 Å². The van der Waals surface area contributed by atoms with E-state index in [1.54, 1.807) is 0 Å². The second kappa shape index (κ2) is 15.4. The molecule has 0 unspecified atom stereocenters. The third-order valence-electron chi connectivity index (χ3n) is 5.32. The van der Waals surface area contributed by atoms with E-state index < -0.39 is 0 Å². The van der Waals surface area contributed by atoms with Crippen molar-refractivity contribution in [2.24, 2.45) is 5.73 Å². The van der Waals surface area contributed by atoms with Crippen molar-refractivity contribution in [3.63, 3.8) is 0 Å². The van der Waals surface area contributed by atoms with Crippen molar-refractivity contribution in [1.82, 2.24) is 0 Å². The fourth-order valence-electron chi connectivity index (χ4n) is 3.51. The Morgan fingerprint density at radius 3 is 1.44 bits per heavy atom. The van der Waals surface area contributed by atoms with Gasteiger partial charge in [-0.25, -0.2) is 0 Å². The number of aryl methyl sites for hydroxylation is 1. The van der Waals surface area contributed by atoms with Crippen molar-refractivity contribution in [1.29, 1.82) is 0 Å². The van der Waals surface area contributed by atoms with Gasteiger partial charge in [0.05, 0.1) is 0 Å². The van der Waals surface area contributed by atoms with E-state index in [4.69, 9.17) is 5.73 Å². The average molecular weight is 346 g/mol. The van der Waals surface area contributed by atoms with Gasteiger partial charge in [0.2, 0.25) is 0 Å². The Bertz CT molecular complexity index is 393. The van der Waals surface area contributed by atoms with Crippen LogP contribution < -0.4 is 5.73 Å². The lowest BCUT2D eigenvalue weighted by atomic mass is 10.0. The molecule has 1 aromatic carbocycles. The summed E-state index contributed by atoms with van der Waals surface area (Å²) in [5, 5.41) is 0. The molecule has 0 radical (unpaired) electrons. The first-order valence-corrected chi connectivity index (χ1v) is 11.1. The molecule has 0 saturated carbocycles. The Kier molecular flexibility index (Phi) is 13.7. The fourth-order valence-corrected chi connectivity index (χ4v) is 3.51. The van der Waals surface area contributed by atoms with Crippen molar-refractivity contribution < 1.29 is 0 Å². The molecule has 25 heavy (non-hydrogen) atoms. The summed E-state index contributed by atoms with van der Waals surface area (Å²) in [6.45, 7) is 4.34. The van der Waals surface area contributed by atoms with Crippen molar-refractivity contribution in [3.05, 3.63) is 35.4 Å². The smallest absolute Gasteiger partial charge is 0.0266 e.